The second-order valence-corrected chi connectivity index (χ2v) is 8.63. The third-order valence-electron chi connectivity index (χ3n) is 6.34. The molecule has 3 N–H and O–H groups in total. The molecule has 9 heteroatoms. The lowest BCUT2D eigenvalue weighted by atomic mass is 10.1. The van der Waals surface area contributed by atoms with Crippen LogP contribution < -0.4 is 10.9 Å². The van der Waals surface area contributed by atoms with Crippen molar-refractivity contribution in [2.75, 3.05) is 6.54 Å². The van der Waals surface area contributed by atoms with Crippen LogP contribution in [0.4, 0.5) is 8.78 Å². The van der Waals surface area contributed by atoms with Crippen LogP contribution in [0.2, 0.25) is 0 Å². The van der Waals surface area contributed by atoms with Gasteiger partial charge in [0.25, 0.3) is 11.5 Å². The van der Waals surface area contributed by atoms with Gasteiger partial charge < -0.3 is 15.3 Å². The Bertz CT molecular complexity index is 1750. The van der Waals surface area contributed by atoms with Crippen LogP contribution >= 0.6 is 0 Å². The number of carbonyl (C=O) groups is 1. The van der Waals surface area contributed by atoms with Gasteiger partial charge in [-0.2, -0.15) is 0 Å². The number of nitrogens with zero attached hydrogens (tertiary/aromatic N) is 2. The number of fused-ring (bicyclic) bond motifs is 1. The molecule has 0 unspecified atom stereocenters. The van der Waals surface area contributed by atoms with Crippen molar-refractivity contribution in [2.24, 2.45) is 7.05 Å². The van der Waals surface area contributed by atoms with Crippen molar-refractivity contribution < 1.29 is 13.6 Å². The molecule has 5 rings (SSSR count). The molecule has 0 saturated carbocycles. The molecule has 0 atom stereocenters. The molecule has 0 aliphatic heterocycles. The van der Waals surface area contributed by atoms with Crippen molar-refractivity contribution in [3.05, 3.63) is 105 Å². The van der Waals surface area contributed by atoms with Crippen LogP contribution in [0.3, 0.4) is 0 Å². The van der Waals surface area contributed by atoms with E-state index in [2.05, 4.69) is 27.1 Å². The van der Waals surface area contributed by atoms with Gasteiger partial charge in [-0.25, -0.2) is 13.5 Å². The van der Waals surface area contributed by atoms with Gasteiger partial charge in [-0.1, -0.05) is 24.0 Å². The molecule has 3 aromatic heterocycles. The van der Waals surface area contributed by atoms with Gasteiger partial charge in [-0.15, -0.1) is 0 Å². The normalized spacial score (nSPS) is 10.9. The Hall–Kier alpha value is -4.84. The van der Waals surface area contributed by atoms with E-state index >= 15 is 0 Å². The summed E-state index contributed by atoms with van der Waals surface area (Å²) in [5, 5.41) is 3.74. The van der Waals surface area contributed by atoms with E-state index in [1.165, 1.54) is 15.4 Å². The predicted molar refractivity (Wildman–Crippen MR) is 137 cm³/mol. The maximum atomic E-state index is 13.6. The average Bonchev–Trinajstić information content (AvgIpc) is 3.60. The fraction of sp³-hybridized carbons (Fsp3) is 0.143. The predicted octanol–water partition coefficient (Wildman–Crippen LogP) is 4.08. The zero-order valence-electron chi connectivity index (χ0n) is 20.2. The lowest BCUT2D eigenvalue weighted by Crippen LogP contribution is -2.31. The molecule has 0 aliphatic carbocycles. The zero-order valence-corrected chi connectivity index (χ0v) is 20.2. The number of carbonyl (C=O) groups excluding carboxylic acids is 1. The Morgan fingerprint density at radius 3 is 2.68 bits per heavy atom. The molecule has 0 radical (unpaired) electrons. The first-order valence-electron chi connectivity index (χ1n) is 11.6. The molecule has 0 bridgehead atoms. The molecular weight excluding hydrogens is 476 g/mol. The van der Waals surface area contributed by atoms with Crippen molar-refractivity contribution in [3.63, 3.8) is 0 Å². The van der Waals surface area contributed by atoms with Gasteiger partial charge in [0.15, 0.2) is 11.6 Å². The number of halogens is 2. The van der Waals surface area contributed by atoms with Crippen molar-refractivity contribution >= 4 is 16.8 Å². The van der Waals surface area contributed by atoms with Crippen molar-refractivity contribution in [1.82, 2.24) is 24.6 Å². The topological polar surface area (TPSA) is 87.6 Å². The third kappa shape index (κ3) is 4.57. The van der Waals surface area contributed by atoms with Gasteiger partial charge in [0.05, 0.1) is 13.1 Å². The fourth-order valence-electron chi connectivity index (χ4n) is 4.30. The number of benzene rings is 2. The largest absolute Gasteiger partial charge is 0.361 e. The van der Waals surface area contributed by atoms with E-state index in [-0.39, 0.29) is 18.7 Å². The number of aromatic nitrogens is 4. The van der Waals surface area contributed by atoms with Gasteiger partial charge in [0.1, 0.15) is 5.56 Å². The number of aromatic amines is 2. The molecule has 186 valence electrons. The summed E-state index contributed by atoms with van der Waals surface area (Å²) in [5.41, 5.74) is 4.13. The minimum atomic E-state index is -0.996. The Morgan fingerprint density at radius 2 is 1.92 bits per heavy atom. The highest BCUT2D eigenvalue weighted by Gasteiger charge is 2.21. The third-order valence-corrected chi connectivity index (χ3v) is 6.34. The van der Waals surface area contributed by atoms with E-state index in [4.69, 9.17) is 0 Å². The summed E-state index contributed by atoms with van der Waals surface area (Å²) in [6, 6.07) is 13.2. The Labute approximate surface area is 210 Å². The maximum Gasteiger partial charge on any atom is 0.280 e. The molecule has 1 amide bonds. The van der Waals surface area contributed by atoms with E-state index in [1.807, 2.05) is 42.7 Å². The smallest absolute Gasteiger partial charge is 0.280 e. The van der Waals surface area contributed by atoms with E-state index in [0.717, 1.165) is 39.9 Å². The van der Waals surface area contributed by atoms with E-state index < -0.39 is 23.1 Å². The summed E-state index contributed by atoms with van der Waals surface area (Å²) in [7, 11) is 1.63. The van der Waals surface area contributed by atoms with Crippen LogP contribution in [-0.2, 0) is 13.6 Å². The number of H-pyrrole nitrogens is 2. The van der Waals surface area contributed by atoms with E-state index in [9.17, 15) is 18.4 Å². The molecule has 7 nitrogen and oxygen atoms in total. The molecule has 37 heavy (non-hydrogen) atoms. The van der Waals surface area contributed by atoms with Gasteiger partial charge >= 0.3 is 0 Å². The lowest BCUT2D eigenvalue weighted by molar-refractivity contribution is 0.0956. The van der Waals surface area contributed by atoms with E-state index in [0.29, 0.717) is 11.3 Å². The second-order valence-electron chi connectivity index (χ2n) is 8.63. The van der Waals surface area contributed by atoms with Crippen molar-refractivity contribution in [1.29, 1.82) is 0 Å². The first-order valence-corrected chi connectivity index (χ1v) is 11.6. The molecular formula is C28H23F2N5O2. The van der Waals surface area contributed by atoms with Gasteiger partial charge in [-0.3, -0.25) is 14.3 Å². The van der Waals surface area contributed by atoms with E-state index in [1.54, 1.807) is 14.0 Å². The Kier molecular flexibility index (Phi) is 6.24. The number of amides is 1. The quantitative estimate of drug-likeness (QED) is 0.318. The van der Waals surface area contributed by atoms with Gasteiger partial charge in [0, 0.05) is 52.9 Å². The zero-order chi connectivity index (χ0) is 26.1. The summed E-state index contributed by atoms with van der Waals surface area (Å²) in [6.45, 7) is 1.69. The van der Waals surface area contributed by atoms with Gasteiger partial charge in [0.2, 0.25) is 0 Å². The van der Waals surface area contributed by atoms with Crippen molar-refractivity contribution in [3.8, 4) is 23.1 Å². The van der Waals surface area contributed by atoms with Crippen LogP contribution in [0.5, 0.6) is 0 Å². The van der Waals surface area contributed by atoms with Crippen LogP contribution in [0.1, 0.15) is 27.2 Å². The molecule has 5 aromatic rings. The summed E-state index contributed by atoms with van der Waals surface area (Å²) in [6.07, 6.45) is 3.82. The Balaban J connectivity index is 1.28. The highest BCUT2D eigenvalue weighted by Crippen LogP contribution is 2.27. The highest BCUT2D eigenvalue weighted by molar-refractivity contribution is 5.96. The number of rotatable bonds is 5. The average molecular weight is 500 g/mol. The summed E-state index contributed by atoms with van der Waals surface area (Å²) >= 11 is 0. The number of hydrogen-bond acceptors (Lipinski definition) is 2. The summed E-state index contributed by atoms with van der Waals surface area (Å²) in [5.74, 6) is 3.44. The molecule has 0 fully saturated rings. The highest BCUT2D eigenvalue weighted by atomic mass is 19.2. The van der Waals surface area contributed by atoms with Crippen molar-refractivity contribution in [2.45, 2.75) is 13.5 Å². The SMILES string of the molecule is Cc1c(C(=O)NCC#Cc2ccc3c(-c4ccc[nH]4)c[nH]c3c2)c(=O)n(Cc2ccc(F)c(F)c2)n1C. The maximum absolute atomic E-state index is 13.6. The van der Waals surface area contributed by atoms with Crippen LogP contribution in [0, 0.1) is 30.4 Å². The minimum absolute atomic E-state index is 0.00669. The first kappa shape index (κ1) is 23.9. The summed E-state index contributed by atoms with van der Waals surface area (Å²) < 4.78 is 29.6. The number of nitrogens with one attached hydrogen (secondary N) is 3. The fourth-order valence-corrected chi connectivity index (χ4v) is 4.30. The molecule has 0 aliphatic rings. The molecule has 2 aromatic carbocycles. The molecule has 0 saturated heterocycles. The molecule has 0 spiro atoms. The second kappa shape index (κ2) is 9.66. The van der Waals surface area contributed by atoms with Gasteiger partial charge in [-0.05, 0) is 48.9 Å². The summed E-state index contributed by atoms with van der Waals surface area (Å²) in [4.78, 5) is 32.2. The number of hydrogen-bond donors (Lipinski definition) is 3. The minimum Gasteiger partial charge on any atom is -0.361 e. The monoisotopic (exact) mass is 499 g/mol. The molecule has 3 heterocycles. The Morgan fingerprint density at radius 1 is 1.08 bits per heavy atom. The first-order chi connectivity index (χ1) is 17.8. The standard InChI is InChI=1S/C28H23F2N5O2/c1-17-26(28(37)35(34(17)2)16-19-8-10-22(29)23(30)13-19)27(36)32-12-3-5-18-7-9-20-21(15-33-25(20)14-18)24-6-4-11-31-24/h4,6-11,13-15,31,33H,12,16H2,1-2H3,(H,32,36). The van der Waals surface area contributed by atoms with Crippen LogP contribution in [-0.4, -0.2) is 31.8 Å². The van der Waals surface area contributed by atoms with Crippen LogP contribution in [0.25, 0.3) is 22.2 Å². The lowest BCUT2D eigenvalue weighted by Gasteiger charge is -2.08. The van der Waals surface area contributed by atoms with Crippen LogP contribution in [0.15, 0.2) is 65.7 Å².